The number of hydrogen-bond donors (Lipinski definition) is 2. The summed E-state index contributed by atoms with van der Waals surface area (Å²) in [6.45, 7) is 1.65. The van der Waals surface area contributed by atoms with E-state index in [4.69, 9.17) is 9.63 Å². The summed E-state index contributed by atoms with van der Waals surface area (Å²) >= 11 is 0. The van der Waals surface area contributed by atoms with Crippen LogP contribution >= 0.6 is 0 Å². The van der Waals surface area contributed by atoms with Crippen LogP contribution in [0.25, 0.3) is 6.08 Å². The molecule has 0 radical (unpaired) electrons. The van der Waals surface area contributed by atoms with E-state index in [1.165, 1.54) is 24.4 Å². The molecule has 2 aromatic heterocycles. The van der Waals surface area contributed by atoms with Crippen LogP contribution in [0.5, 0.6) is 0 Å². The number of nitrogens with one attached hydrogen (secondary N) is 1. The topological polar surface area (TPSA) is 122 Å². The second kappa shape index (κ2) is 5.75. The van der Waals surface area contributed by atoms with Gasteiger partial charge in [0.05, 0.1) is 5.69 Å². The van der Waals surface area contributed by atoms with Crippen molar-refractivity contribution in [3.05, 3.63) is 41.9 Å². The van der Waals surface area contributed by atoms with Crippen molar-refractivity contribution in [2.75, 3.05) is 4.72 Å². The molecule has 0 saturated heterocycles. The number of aliphatic carboxylic acids is 1. The predicted octanol–water partition coefficient (Wildman–Crippen LogP) is 1.28. The van der Waals surface area contributed by atoms with E-state index < -0.39 is 16.0 Å². The molecule has 2 rings (SSSR count). The number of pyridine rings is 1. The number of aryl methyl sites for hydroxylation is 1. The summed E-state index contributed by atoms with van der Waals surface area (Å²) in [4.78, 5) is 14.1. The van der Waals surface area contributed by atoms with Gasteiger partial charge >= 0.3 is 5.97 Å². The first-order valence-electron chi connectivity index (χ1n) is 5.69. The summed E-state index contributed by atoms with van der Waals surface area (Å²) in [5, 5.41) is 12.1. The first-order valence-corrected chi connectivity index (χ1v) is 7.17. The highest BCUT2D eigenvalue weighted by atomic mass is 32.2. The first kappa shape index (κ1) is 14.7. The van der Waals surface area contributed by atoms with Gasteiger partial charge in [-0.1, -0.05) is 5.16 Å². The third kappa shape index (κ3) is 3.89. The van der Waals surface area contributed by atoms with E-state index in [1.807, 2.05) is 0 Å². The fourth-order valence-corrected chi connectivity index (χ4v) is 2.41. The number of anilines is 1. The van der Waals surface area contributed by atoms with E-state index in [9.17, 15) is 13.2 Å². The van der Waals surface area contributed by atoms with Crippen LogP contribution in [0.2, 0.25) is 0 Å². The van der Waals surface area contributed by atoms with Gasteiger partial charge in [-0.05, 0) is 24.6 Å². The molecule has 9 heteroatoms. The van der Waals surface area contributed by atoms with E-state index in [0.29, 0.717) is 11.3 Å². The van der Waals surface area contributed by atoms with Gasteiger partial charge < -0.3 is 9.63 Å². The summed E-state index contributed by atoms with van der Waals surface area (Å²) in [6, 6.07) is 2.72. The van der Waals surface area contributed by atoms with Crippen molar-refractivity contribution in [2.24, 2.45) is 0 Å². The molecule has 0 saturated carbocycles. The Morgan fingerprint density at radius 1 is 1.38 bits per heavy atom. The first-order chi connectivity index (χ1) is 9.87. The summed E-state index contributed by atoms with van der Waals surface area (Å²) in [5.74, 6) is -1.16. The van der Waals surface area contributed by atoms with Gasteiger partial charge in [-0.3, -0.25) is 4.98 Å². The number of carboxylic acids is 1. The van der Waals surface area contributed by atoms with E-state index >= 15 is 0 Å². The lowest BCUT2D eigenvalue weighted by atomic mass is 10.2. The van der Waals surface area contributed by atoms with Crippen LogP contribution in [0.15, 0.2) is 40.0 Å². The third-order valence-corrected chi connectivity index (χ3v) is 3.64. The maximum absolute atomic E-state index is 12.1. The van der Waals surface area contributed by atoms with Gasteiger partial charge in [-0.15, -0.1) is 0 Å². The smallest absolute Gasteiger partial charge is 0.328 e. The number of aromatic nitrogens is 2. The lowest BCUT2D eigenvalue weighted by molar-refractivity contribution is -0.131. The minimum atomic E-state index is -3.89. The Kier molecular flexibility index (Phi) is 4.03. The number of hydrogen-bond acceptors (Lipinski definition) is 6. The number of carbonyl (C=O) groups is 1. The standard InChI is InChI=1S/C12H11N3O5S/c1-8-4-11(20-14-8)15-21(18,19)10-5-9(6-13-7-10)2-3-12(16)17/h2-7,15H,1H3,(H,16,17). The lowest BCUT2D eigenvalue weighted by Crippen LogP contribution is -2.12. The highest BCUT2D eigenvalue weighted by Gasteiger charge is 2.17. The molecule has 0 spiro atoms. The van der Waals surface area contributed by atoms with E-state index in [-0.39, 0.29) is 10.8 Å². The van der Waals surface area contributed by atoms with Gasteiger partial charge in [0.15, 0.2) is 0 Å². The monoisotopic (exact) mass is 309 g/mol. The number of nitrogens with zero attached hydrogens (tertiary/aromatic N) is 2. The summed E-state index contributed by atoms with van der Waals surface area (Å²) in [7, 11) is -3.89. The zero-order valence-corrected chi connectivity index (χ0v) is 11.7. The van der Waals surface area contributed by atoms with Crippen LogP contribution in [0, 0.1) is 6.92 Å². The molecule has 0 aliphatic heterocycles. The summed E-state index contributed by atoms with van der Waals surface area (Å²) in [6.07, 6.45) is 4.62. The normalized spacial score (nSPS) is 11.7. The highest BCUT2D eigenvalue weighted by Crippen LogP contribution is 2.17. The Morgan fingerprint density at radius 2 is 2.14 bits per heavy atom. The van der Waals surface area contributed by atoms with E-state index in [2.05, 4.69) is 14.9 Å². The quantitative estimate of drug-likeness (QED) is 0.797. The van der Waals surface area contributed by atoms with Gasteiger partial charge in [-0.2, -0.15) is 0 Å². The van der Waals surface area contributed by atoms with Crippen molar-refractivity contribution in [3.8, 4) is 0 Å². The van der Waals surface area contributed by atoms with Gasteiger partial charge in [0.25, 0.3) is 10.0 Å². The fourth-order valence-electron chi connectivity index (χ4n) is 1.44. The van der Waals surface area contributed by atoms with Crippen LogP contribution in [0.4, 0.5) is 5.88 Å². The molecule has 2 N–H and O–H groups in total. The van der Waals surface area contributed by atoms with Crippen LogP contribution < -0.4 is 4.72 Å². The van der Waals surface area contributed by atoms with Gasteiger partial charge in [0.2, 0.25) is 5.88 Å². The van der Waals surface area contributed by atoms with Crippen molar-refractivity contribution in [1.29, 1.82) is 0 Å². The maximum atomic E-state index is 12.1. The minimum absolute atomic E-state index is 0.0148. The molecular weight excluding hydrogens is 298 g/mol. The Hall–Kier alpha value is -2.68. The molecule has 110 valence electrons. The third-order valence-electron chi connectivity index (χ3n) is 2.33. The molecule has 8 nitrogen and oxygen atoms in total. The second-order valence-corrected chi connectivity index (χ2v) is 5.75. The van der Waals surface area contributed by atoms with Crippen LogP contribution in [0.3, 0.4) is 0 Å². The SMILES string of the molecule is Cc1cc(NS(=O)(=O)c2cncc(C=CC(=O)O)c2)on1. The molecule has 0 amide bonds. The molecule has 0 aromatic carbocycles. The second-order valence-electron chi connectivity index (χ2n) is 4.06. The molecule has 0 aliphatic rings. The van der Waals surface area contributed by atoms with E-state index in [1.54, 1.807) is 6.92 Å². The Bertz CT molecular complexity index is 795. The van der Waals surface area contributed by atoms with Gasteiger partial charge in [0, 0.05) is 24.5 Å². The maximum Gasteiger partial charge on any atom is 0.328 e. The lowest BCUT2D eigenvalue weighted by Gasteiger charge is -2.04. The predicted molar refractivity (Wildman–Crippen MR) is 73.0 cm³/mol. The molecule has 21 heavy (non-hydrogen) atoms. The zero-order valence-electron chi connectivity index (χ0n) is 10.8. The molecule has 0 unspecified atom stereocenters. The summed E-state index contributed by atoms with van der Waals surface area (Å²) < 4.78 is 31.2. The van der Waals surface area contributed by atoms with Crippen LogP contribution in [0.1, 0.15) is 11.3 Å². The number of sulfonamides is 1. The van der Waals surface area contributed by atoms with Crippen molar-refractivity contribution in [2.45, 2.75) is 11.8 Å². The van der Waals surface area contributed by atoms with Gasteiger partial charge in [0.1, 0.15) is 4.90 Å². The number of carboxylic acid groups (broad SMARTS) is 1. The average Bonchev–Trinajstić information content (AvgIpc) is 2.81. The number of rotatable bonds is 5. The van der Waals surface area contributed by atoms with Crippen molar-refractivity contribution in [1.82, 2.24) is 10.1 Å². The minimum Gasteiger partial charge on any atom is -0.478 e. The fraction of sp³-hybridized carbons (Fsp3) is 0.0833. The van der Waals surface area contributed by atoms with Gasteiger partial charge in [-0.25, -0.2) is 17.9 Å². The van der Waals surface area contributed by atoms with Crippen LogP contribution in [-0.2, 0) is 14.8 Å². The molecule has 2 aromatic rings. The molecule has 0 bridgehead atoms. The molecule has 0 atom stereocenters. The Balaban J connectivity index is 2.27. The van der Waals surface area contributed by atoms with E-state index in [0.717, 1.165) is 12.3 Å². The Labute approximate surface area is 120 Å². The Morgan fingerprint density at radius 3 is 2.76 bits per heavy atom. The largest absolute Gasteiger partial charge is 0.478 e. The summed E-state index contributed by atoms with van der Waals surface area (Å²) in [5.41, 5.74) is 0.873. The molecule has 0 aliphatic carbocycles. The molecule has 0 fully saturated rings. The van der Waals surface area contributed by atoms with Crippen molar-refractivity contribution < 1.29 is 22.8 Å². The molecular formula is C12H11N3O5S. The zero-order chi connectivity index (χ0) is 15.5. The van der Waals surface area contributed by atoms with Crippen molar-refractivity contribution in [3.63, 3.8) is 0 Å². The van der Waals surface area contributed by atoms with Crippen LogP contribution in [-0.4, -0.2) is 29.6 Å². The van der Waals surface area contributed by atoms with Crippen molar-refractivity contribution >= 4 is 28.0 Å². The average molecular weight is 309 g/mol. The highest BCUT2D eigenvalue weighted by molar-refractivity contribution is 7.92. The molecule has 2 heterocycles.